The molecule has 0 spiro atoms. The molecule has 1 unspecified atom stereocenters. The van der Waals surface area contributed by atoms with Gasteiger partial charge in [-0.05, 0) is 73.7 Å². The number of ketones is 1. The number of carbonyl (C=O) groups excluding carboxylic acids is 1. The second-order valence-electron chi connectivity index (χ2n) is 8.44. The molecule has 1 N–H and O–H groups in total. The highest BCUT2D eigenvalue weighted by atomic mass is 19.1. The first kappa shape index (κ1) is 14.9. The van der Waals surface area contributed by atoms with Crippen LogP contribution in [0.15, 0.2) is 11.6 Å². The van der Waals surface area contributed by atoms with Gasteiger partial charge in [-0.1, -0.05) is 12.5 Å². The van der Waals surface area contributed by atoms with Crippen LogP contribution in [-0.2, 0) is 4.79 Å². The van der Waals surface area contributed by atoms with Crippen molar-refractivity contribution >= 4 is 5.78 Å². The van der Waals surface area contributed by atoms with Gasteiger partial charge in [0, 0.05) is 12.3 Å². The third kappa shape index (κ3) is 1.97. The van der Waals surface area contributed by atoms with E-state index < -0.39 is 0 Å². The smallest absolute Gasteiger partial charge is 0.156 e. The van der Waals surface area contributed by atoms with Gasteiger partial charge in [-0.2, -0.15) is 0 Å². The molecule has 4 aliphatic rings. The highest BCUT2D eigenvalue weighted by Gasteiger charge is 2.56. The van der Waals surface area contributed by atoms with Crippen molar-refractivity contribution in [2.75, 3.05) is 6.67 Å². The fourth-order valence-electron chi connectivity index (χ4n) is 6.55. The highest BCUT2D eigenvalue weighted by Crippen LogP contribution is 2.62. The Morgan fingerprint density at radius 3 is 2.86 bits per heavy atom. The van der Waals surface area contributed by atoms with E-state index >= 15 is 0 Å². The van der Waals surface area contributed by atoms with Gasteiger partial charge in [0.1, 0.15) is 0 Å². The molecule has 3 heteroatoms. The molecule has 3 saturated carbocycles. The largest absolute Gasteiger partial charge is 0.393 e. The number of halogens is 1. The lowest BCUT2D eigenvalue weighted by molar-refractivity contribution is -0.118. The van der Waals surface area contributed by atoms with Crippen molar-refractivity contribution in [3.05, 3.63) is 11.6 Å². The Morgan fingerprint density at radius 1 is 1.27 bits per heavy atom. The SMILES string of the molecule is C[C@]12CC[C@H]3[C@@H](CCC4=CC(=O)CC(CF)[C@@H]43)[C@@H]1CC[C@@H]2O. The molecule has 4 rings (SSSR count). The lowest BCUT2D eigenvalue weighted by Gasteiger charge is -2.54. The van der Waals surface area contributed by atoms with E-state index in [4.69, 9.17) is 0 Å². The van der Waals surface area contributed by atoms with Crippen molar-refractivity contribution in [1.82, 2.24) is 0 Å². The fourth-order valence-corrected chi connectivity index (χ4v) is 6.55. The van der Waals surface area contributed by atoms with Crippen LogP contribution in [0.25, 0.3) is 0 Å². The van der Waals surface area contributed by atoms with Crippen LogP contribution in [0.4, 0.5) is 4.39 Å². The zero-order valence-corrected chi connectivity index (χ0v) is 13.4. The van der Waals surface area contributed by atoms with E-state index in [0.29, 0.717) is 30.1 Å². The lowest BCUT2D eigenvalue weighted by atomic mass is 9.51. The van der Waals surface area contributed by atoms with Crippen LogP contribution in [0.1, 0.15) is 51.9 Å². The Labute approximate surface area is 132 Å². The number of allylic oxidation sites excluding steroid dienone is 1. The predicted octanol–water partition coefficient (Wildman–Crippen LogP) is 3.68. The van der Waals surface area contributed by atoms with Crippen LogP contribution in [-0.4, -0.2) is 23.7 Å². The first-order valence-corrected chi connectivity index (χ1v) is 9.02. The zero-order chi connectivity index (χ0) is 15.5. The van der Waals surface area contributed by atoms with Gasteiger partial charge < -0.3 is 5.11 Å². The van der Waals surface area contributed by atoms with E-state index in [-0.39, 0.29) is 29.9 Å². The molecule has 0 aliphatic heterocycles. The average Bonchev–Trinajstić information content (AvgIpc) is 2.81. The van der Waals surface area contributed by atoms with Crippen molar-refractivity contribution < 1.29 is 14.3 Å². The van der Waals surface area contributed by atoms with E-state index in [1.807, 2.05) is 6.08 Å². The van der Waals surface area contributed by atoms with Gasteiger partial charge in [0.05, 0.1) is 12.8 Å². The average molecular weight is 306 g/mol. The molecule has 4 aliphatic carbocycles. The van der Waals surface area contributed by atoms with Gasteiger partial charge in [-0.3, -0.25) is 9.18 Å². The molecule has 0 aromatic carbocycles. The number of aliphatic hydroxyl groups is 1. The molecule has 0 aromatic rings. The summed E-state index contributed by atoms with van der Waals surface area (Å²) in [5, 5.41) is 10.4. The lowest BCUT2D eigenvalue weighted by Crippen LogP contribution is -2.49. The molecule has 0 radical (unpaired) electrons. The summed E-state index contributed by atoms with van der Waals surface area (Å²) in [4.78, 5) is 11.8. The highest BCUT2D eigenvalue weighted by molar-refractivity contribution is 5.91. The van der Waals surface area contributed by atoms with E-state index in [9.17, 15) is 14.3 Å². The van der Waals surface area contributed by atoms with Crippen LogP contribution in [0.2, 0.25) is 0 Å². The van der Waals surface area contributed by atoms with E-state index in [1.54, 1.807) is 0 Å². The summed E-state index contributed by atoms with van der Waals surface area (Å²) >= 11 is 0. The summed E-state index contributed by atoms with van der Waals surface area (Å²) in [6, 6.07) is 0. The van der Waals surface area contributed by atoms with Crippen molar-refractivity contribution in [1.29, 1.82) is 0 Å². The summed E-state index contributed by atoms with van der Waals surface area (Å²) < 4.78 is 13.6. The van der Waals surface area contributed by atoms with Crippen molar-refractivity contribution in [2.45, 2.75) is 58.0 Å². The van der Waals surface area contributed by atoms with Crippen LogP contribution < -0.4 is 0 Å². The molecular formula is C19H27FO2. The number of carbonyl (C=O) groups is 1. The first-order valence-electron chi connectivity index (χ1n) is 9.02. The van der Waals surface area contributed by atoms with Gasteiger partial charge >= 0.3 is 0 Å². The third-order valence-corrected chi connectivity index (χ3v) is 7.61. The van der Waals surface area contributed by atoms with E-state index in [1.165, 1.54) is 5.57 Å². The van der Waals surface area contributed by atoms with Gasteiger partial charge in [0.25, 0.3) is 0 Å². The summed E-state index contributed by atoms with van der Waals surface area (Å²) in [6.45, 7) is 1.91. The summed E-state index contributed by atoms with van der Waals surface area (Å²) in [5.74, 6) is 2.10. The number of hydrogen-bond acceptors (Lipinski definition) is 2. The maximum atomic E-state index is 13.6. The molecule has 0 heterocycles. The number of hydrogen-bond donors (Lipinski definition) is 1. The third-order valence-electron chi connectivity index (χ3n) is 7.61. The standard InChI is InChI=1S/C19H27FO2/c1-19-7-6-15-14(16(19)4-5-17(19)22)3-2-11-8-13(21)9-12(10-20)18(11)15/h8,12,14-18,22H,2-7,9-10H2,1H3/t12?,14-,15+,16+,17+,18-,19+/m1/s1. The van der Waals surface area contributed by atoms with Crippen LogP contribution in [0.5, 0.6) is 0 Å². The minimum atomic E-state index is -0.360. The molecule has 0 bridgehead atoms. The predicted molar refractivity (Wildman–Crippen MR) is 82.9 cm³/mol. The minimum absolute atomic E-state index is 0.0814. The van der Waals surface area contributed by atoms with Crippen molar-refractivity contribution in [2.24, 2.45) is 35.0 Å². The Balaban J connectivity index is 1.66. The molecule has 0 aromatic heterocycles. The maximum absolute atomic E-state index is 13.6. The van der Waals surface area contributed by atoms with Crippen LogP contribution in [0.3, 0.4) is 0 Å². The Hall–Kier alpha value is -0.700. The minimum Gasteiger partial charge on any atom is -0.393 e. The monoisotopic (exact) mass is 306 g/mol. The number of rotatable bonds is 1. The van der Waals surface area contributed by atoms with E-state index in [2.05, 4.69) is 6.92 Å². The van der Waals surface area contributed by atoms with Crippen molar-refractivity contribution in [3.63, 3.8) is 0 Å². The quantitative estimate of drug-likeness (QED) is 0.802. The summed E-state index contributed by atoms with van der Waals surface area (Å²) in [7, 11) is 0. The molecule has 122 valence electrons. The topological polar surface area (TPSA) is 37.3 Å². The molecule has 3 fully saturated rings. The van der Waals surface area contributed by atoms with Gasteiger partial charge in [0.15, 0.2) is 5.78 Å². The van der Waals surface area contributed by atoms with Gasteiger partial charge in [0.2, 0.25) is 0 Å². The molecule has 22 heavy (non-hydrogen) atoms. The van der Waals surface area contributed by atoms with Gasteiger partial charge in [-0.15, -0.1) is 0 Å². The fraction of sp³-hybridized carbons (Fsp3) is 0.842. The first-order chi connectivity index (χ1) is 10.5. The molecule has 2 nitrogen and oxygen atoms in total. The summed E-state index contributed by atoms with van der Waals surface area (Å²) in [5.41, 5.74) is 1.32. The molecule has 7 atom stereocenters. The number of aliphatic hydroxyl groups excluding tert-OH is 1. The Bertz CT molecular complexity index is 514. The van der Waals surface area contributed by atoms with Crippen molar-refractivity contribution in [3.8, 4) is 0 Å². The second-order valence-corrected chi connectivity index (χ2v) is 8.44. The number of fused-ring (bicyclic) bond motifs is 5. The Kier molecular flexibility index (Phi) is 3.48. The molecule has 0 saturated heterocycles. The zero-order valence-electron chi connectivity index (χ0n) is 13.4. The second kappa shape index (κ2) is 5.15. The normalized spacial score (nSPS) is 50.9. The molecule has 0 amide bonds. The van der Waals surface area contributed by atoms with Crippen LogP contribution >= 0.6 is 0 Å². The molecular weight excluding hydrogens is 279 g/mol. The maximum Gasteiger partial charge on any atom is 0.156 e. The number of alkyl halides is 1. The Morgan fingerprint density at radius 2 is 2.09 bits per heavy atom. The van der Waals surface area contributed by atoms with Gasteiger partial charge in [-0.25, -0.2) is 0 Å². The summed E-state index contributed by atoms with van der Waals surface area (Å²) in [6.07, 6.45) is 8.41. The van der Waals surface area contributed by atoms with E-state index in [0.717, 1.165) is 38.5 Å². The van der Waals surface area contributed by atoms with Crippen LogP contribution in [0, 0.1) is 35.0 Å².